The number of halogens is 1. The van der Waals surface area contributed by atoms with Crippen molar-refractivity contribution in [2.45, 2.75) is 17.9 Å². The van der Waals surface area contributed by atoms with E-state index in [4.69, 9.17) is 11.6 Å². The molecule has 29 heavy (non-hydrogen) atoms. The van der Waals surface area contributed by atoms with Gasteiger partial charge >= 0.3 is 0 Å². The average Bonchev–Trinajstić information content (AvgIpc) is 2.73. The fraction of sp³-hybridized carbons (Fsp3) is 0.381. The number of hydrogen-bond acceptors (Lipinski definition) is 4. The van der Waals surface area contributed by atoms with Crippen molar-refractivity contribution < 1.29 is 13.2 Å². The topological polar surface area (TPSA) is 60.9 Å². The largest absolute Gasteiger partial charge is 0.334 e. The predicted octanol–water partition coefficient (Wildman–Crippen LogP) is 2.47. The lowest BCUT2D eigenvalue weighted by molar-refractivity contribution is 0.0734. The molecule has 1 amide bonds. The Morgan fingerprint density at radius 3 is 2.38 bits per heavy atom. The number of amides is 1. The molecule has 0 bridgehead atoms. The molecule has 2 heterocycles. The van der Waals surface area contributed by atoms with Crippen LogP contribution in [0.5, 0.6) is 0 Å². The predicted molar refractivity (Wildman–Crippen MR) is 113 cm³/mol. The molecule has 2 aliphatic heterocycles. The summed E-state index contributed by atoms with van der Waals surface area (Å²) in [6, 6.07) is 12.6. The summed E-state index contributed by atoms with van der Waals surface area (Å²) in [7, 11) is -1.78. The summed E-state index contributed by atoms with van der Waals surface area (Å²) in [5.41, 5.74) is 2.74. The summed E-state index contributed by atoms with van der Waals surface area (Å²) in [4.78, 5) is 16.9. The number of fused-ring (bicyclic) bond motifs is 1. The van der Waals surface area contributed by atoms with E-state index in [1.165, 1.54) is 22.0 Å². The maximum Gasteiger partial charge on any atom is 0.254 e. The molecule has 0 radical (unpaired) electrons. The Labute approximate surface area is 176 Å². The first-order valence-electron chi connectivity index (χ1n) is 9.70. The Balaban J connectivity index is 1.59. The first-order valence-corrected chi connectivity index (χ1v) is 11.5. The summed E-state index contributed by atoms with van der Waals surface area (Å²) in [6.45, 7) is 3.30. The molecule has 8 heteroatoms. The second-order valence-corrected chi connectivity index (χ2v) is 9.91. The maximum atomic E-state index is 13.1. The SMILES string of the molecule is CN1CCN(S(=O)(=O)c2cc(C(=O)N3CCc4ccccc4C3)ccc2Cl)CC1. The van der Waals surface area contributed by atoms with Gasteiger partial charge in [0.05, 0.1) is 5.02 Å². The van der Waals surface area contributed by atoms with Gasteiger partial charge in [0.25, 0.3) is 5.91 Å². The van der Waals surface area contributed by atoms with Gasteiger partial charge in [-0.25, -0.2) is 8.42 Å². The molecule has 0 atom stereocenters. The van der Waals surface area contributed by atoms with E-state index in [2.05, 4.69) is 11.0 Å². The van der Waals surface area contributed by atoms with Crippen molar-refractivity contribution in [2.75, 3.05) is 39.8 Å². The van der Waals surface area contributed by atoms with Crippen molar-refractivity contribution in [1.29, 1.82) is 0 Å². The number of carbonyl (C=O) groups is 1. The molecule has 2 aromatic carbocycles. The van der Waals surface area contributed by atoms with Gasteiger partial charge in [-0.15, -0.1) is 0 Å². The average molecular weight is 434 g/mol. The van der Waals surface area contributed by atoms with E-state index in [1.807, 2.05) is 25.2 Å². The third-order valence-electron chi connectivity index (χ3n) is 5.68. The van der Waals surface area contributed by atoms with Gasteiger partial charge in [-0.1, -0.05) is 35.9 Å². The number of sulfonamides is 1. The van der Waals surface area contributed by atoms with Crippen LogP contribution in [0.3, 0.4) is 0 Å². The quantitative estimate of drug-likeness (QED) is 0.746. The summed E-state index contributed by atoms with van der Waals surface area (Å²) in [5.74, 6) is -0.175. The third-order valence-corrected chi connectivity index (χ3v) is 8.06. The van der Waals surface area contributed by atoms with Gasteiger partial charge in [0.15, 0.2) is 0 Å². The molecular weight excluding hydrogens is 410 g/mol. The van der Waals surface area contributed by atoms with E-state index in [9.17, 15) is 13.2 Å². The van der Waals surface area contributed by atoms with Gasteiger partial charge in [-0.2, -0.15) is 4.31 Å². The molecule has 1 fully saturated rings. The molecule has 6 nitrogen and oxygen atoms in total. The van der Waals surface area contributed by atoms with Crippen LogP contribution in [-0.2, 0) is 23.0 Å². The molecule has 0 N–H and O–H groups in total. The Morgan fingerprint density at radius 2 is 1.66 bits per heavy atom. The van der Waals surface area contributed by atoms with Crippen LogP contribution in [0.15, 0.2) is 47.4 Å². The Hall–Kier alpha value is -1.93. The first-order chi connectivity index (χ1) is 13.9. The lowest BCUT2D eigenvalue weighted by Gasteiger charge is -2.32. The Bertz CT molecular complexity index is 1030. The van der Waals surface area contributed by atoms with Crippen LogP contribution in [0.4, 0.5) is 0 Å². The van der Waals surface area contributed by atoms with Crippen molar-refractivity contribution in [2.24, 2.45) is 0 Å². The van der Waals surface area contributed by atoms with Gasteiger partial charge in [-0.05, 0) is 42.8 Å². The fourth-order valence-electron chi connectivity index (χ4n) is 3.85. The van der Waals surface area contributed by atoms with Crippen molar-refractivity contribution in [3.05, 3.63) is 64.2 Å². The lowest BCUT2D eigenvalue weighted by Crippen LogP contribution is -2.47. The van der Waals surface area contributed by atoms with E-state index in [-0.39, 0.29) is 15.8 Å². The van der Waals surface area contributed by atoms with E-state index in [0.29, 0.717) is 44.8 Å². The summed E-state index contributed by atoms with van der Waals surface area (Å²) < 4.78 is 27.7. The maximum absolute atomic E-state index is 13.1. The molecule has 0 aliphatic carbocycles. The van der Waals surface area contributed by atoms with Crippen molar-refractivity contribution >= 4 is 27.5 Å². The smallest absolute Gasteiger partial charge is 0.254 e. The lowest BCUT2D eigenvalue weighted by atomic mass is 9.99. The molecule has 0 saturated carbocycles. The fourth-order valence-corrected chi connectivity index (χ4v) is 5.78. The first kappa shape index (κ1) is 20.3. The minimum Gasteiger partial charge on any atom is -0.334 e. The summed E-state index contributed by atoms with van der Waals surface area (Å²) in [6.07, 6.45) is 0.794. The number of nitrogens with zero attached hydrogens (tertiary/aromatic N) is 3. The number of hydrogen-bond donors (Lipinski definition) is 0. The van der Waals surface area contributed by atoms with Crippen LogP contribution in [-0.4, -0.2) is 68.2 Å². The van der Waals surface area contributed by atoms with Gasteiger partial charge in [0, 0.05) is 44.8 Å². The molecule has 1 saturated heterocycles. The van der Waals surface area contributed by atoms with Crippen molar-refractivity contribution in [1.82, 2.24) is 14.1 Å². The minimum absolute atomic E-state index is 0.00646. The zero-order valence-corrected chi connectivity index (χ0v) is 17.9. The Kier molecular flexibility index (Phi) is 5.66. The normalized spacial score (nSPS) is 18.5. The Morgan fingerprint density at radius 1 is 0.966 bits per heavy atom. The molecule has 2 aromatic rings. The van der Waals surface area contributed by atoms with E-state index in [0.717, 1.165) is 12.0 Å². The number of benzene rings is 2. The molecule has 4 rings (SSSR count). The van der Waals surface area contributed by atoms with Gasteiger partial charge < -0.3 is 9.80 Å². The van der Waals surface area contributed by atoms with Crippen LogP contribution in [0.2, 0.25) is 5.02 Å². The van der Waals surface area contributed by atoms with Crippen LogP contribution in [0.1, 0.15) is 21.5 Å². The van der Waals surface area contributed by atoms with E-state index in [1.54, 1.807) is 11.0 Å². The van der Waals surface area contributed by atoms with Crippen molar-refractivity contribution in [3.8, 4) is 0 Å². The molecule has 2 aliphatic rings. The molecular formula is C21H24ClN3O3S. The van der Waals surface area contributed by atoms with E-state index >= 15 is 0 Å². The zero-order chi connectivity index (χ0) is 20.6. The highest BCUT2D eigenvalue weighted by molar-refractivity contribution is 7.89. The monoisotopic (exact) mass is 433 g/mol. The van der Waals surface area contributed by atoms with Crippen molar-refractivity contribution in [3.63, 3.8) is 0 Å². The summed E-state index contributed by atoms with van der Waals surface area (Å²) in [5, 5.41) is 0.143. The zero-order valence-electron chi connectivity index (χ0n) is 16.3. The third kappa shape index (κ3) is 4.05. The number of carbonyl (C=O) groups excluding carboxylic acids is 1. The van der Waals surface area contributed by atoms with E-state index < -0.39 is 10.0 Å². The molecule has 0 spiro atoms. The van der Waals surface area contributed by atoms with Gasteiger partial charge in [-0.3, -0.25) is 4.79 Å². The summed E-state index contributed by atoms with van der Waals surface area (Å²) >= 11 is 6.24. The highest BCUT2D eigenvalue weighted by atomic mass is 35.5. The second-order valence-electron chi connectivity index (χ2n) is 7.60. The number of piperazine rings is 1. The van der Waals surface area contributed by atoms with Gasteiger partial charge in [0.1, 0.15) is 4.90 Å². The van der Waals surface area contributed by atoms with Crippen LogP contribution < -0.4 is 0 Å². The van der Waals surface area contributed by atoms with Crippen LogP contribution >= 0.6 is 11.6 Å². The molecule has 154 valence electrons. The highest BCUT2D eigenvalue weighted by Crippen LogP contribution is 2.28. The van der Waals surface area contributed by atoms with Crippen LogP contribution in [0, 0.1) is 0 Å². The van der Waals surface area contributed by atoms with Gasteiger partial charge in [0.2, 0.25) is 10.0 Å². The molecule has 0 aromatic heterocycles. The van der Waals surface area contributed by atoms with Crippen LogP contribution in [0.25, 0.3) is 0 Å². The second kappa shape index (κ2) is 8.07. The highest BCUT2D eigenvalue weighted by Gasteiger charge is 2.31. The standard InChI is InChI=1S/C21H24ClN3O3S/c1-23-10-12-25(13-11-23)29(27,28)20-14-17(6-7-19(20)22)21(26)24-9-8-16-4-2-3-5-18(16)15-24/h2-7,14H,8-13,15H2,1H3. The molecule has 0 unspecified atom stereocenters. The number of rotatable bonds is 3. The number of likely N-dealkylation sites (N-methyl/N-ethyl adjacent to an activating group) is 1. The minimum atomic E-state index is -3.75.